The summed E-state index contributed by atoms with van der Waals surface area (Å²) < 4.78 is 5.12. The van der Waals surface area contributed by atoms with E-state index in [-0.39, 0.29) is 23.0 Å². The minimum absolute atomic E-state index is 0.0554. The van der Waals surface area contributed by atoms with Gasteiger partial charge in [0, 0.05) is 0 Å². The first-order valence-electron chi connectivity index (χ1n) is 7.53. The summed E-state index contributed by atoms with van der Waals surface area (Å²) in [4.78, 5) is 36.9. The zero-order chi connectivity index (χ0) is 18.7. The second-order valence-electron chi connectivity index (χ2n) is 5.33. The van der Waals surface area contributed by atoms with Gasteiger partial charge in [-0.3, -0.25) is 14.4 Å². The maximum Gasteiger partial charge on any atom is 0.298 e. The van der Waals surface area contributed by atoms with Gasteiger partial charge in [0.2, 0.25) is 0 Å². The molecule has 3 rings (SSSR count). The molecule has 7 nitrogen and oxygen atoms in total. The molecule has 1 saturated heterocycles. The van der Waals surface area contributed by atoms with Gasteiger partial charge >= 0.3 is 0 Å². The first kappa shape index (κ1) is 17.6. The molecule has 2 aromatic carbocycles. The van der Waals surface area contributed by atoms with Gasteiger partial charge in [-0.05, 0) is 47.7 Å². The number of anilines is 1. The van der Waals surface area contributed by atoms with Gasteiger partial charge in [-0.1, -0.05) is 24.3 Å². The molecule has 0 atom stereocenters. The fourth-order valence-corrected chi connectivity index (χ4v) is 3.15. The molecule has 0 bridgehead atoms. The number of primary amides is 1. The molecule has 0 aliphatic carbocycles. The number of amides is 3. The van der Waals surface area contributed by atoms with Crippen molar-refractivity contribution >= 4 is 40.6 Å². The summed E-state index contributed by atoms with van der Waals surface area (Å²) in [5.74, 6) is -1.22. The van der Waals surface area contributed by atoms with Crippen molar-refractivity contribution < 1.29 is 24.2 Å². The van der Waals surface area contributed by atoms with Gasteiger partial charge in [-0.25, -0.2) is 4.90 Å². The van der Waals surface area contributed by atoms with Crippen molar-refractivity contribution in [1.82, 2.24) is 0 Å². The molecular formula is C18H14N2O5S. The Morgan fingerprint density at radius 1 is 1.19 bits per heavy atom. The van der Waals surface area contributed by atoms with Crippen LogP contribution >= 0.6 is 11.8 Å². The molecule has 0 spiro atoms. The number of hydrogen-bond donors (Lipinski definition) is 2. The van der Waals surface area contributed by atoms with Crippen molar-refractivity contribution in [1.29, 1.82) is 0 Å². The lowest BCUT2D eigenvalue weighted by Gasteiger charge is -2.11. The smallest absolute Gasteiger partial charge is 0.298 e. The molecule has 0 unspecified atom stereocenters. The predicted octanol–water partition coefficient (Wildman–Crippen LogP) is 2.50. The van der Waals surface area contributed by atoms with Crippen LogP contribution in [0.5, 0.6) is 11.5 Å². The van der Waals surface area contributed by atoms with Gasteiger partial charge in [0.25, 0.3) is 17.1 Å². The molecule has 26 heavy (non-hydrogen) atoms. The van der Waals surface area contributed by atoms with E-state index in [1.165, 1.54) is 18.2 Å². The number of ether oxygens (including phenoxy) is 1. The van der Waals surface area contributed by atoms with E-state index in [0.29, 0.717) is 11.3 Å². The van der Waals surface area contributed by atoms with Crippen LogP contribution in [-0.4, -0.2) is 28.8 Å². The van der Waals surface area contributed by atoms with E-state index in [0.717, 1.165) is 16.7 Å². The average molecular weight is 370 g/mol. The van der Waals surface area contributed by atoms with Crippen LogP contribution in [0.2, 0.25) is 0 Å². The normalized spacial score (nSPS) is 15.5. The Balaban J connectivity index is 1.86. The molecule has 0 radical (unpaired) electrons. The molecule has 1 aliphatic heterocycles. The summed E-state index contributed by atoms with van der Waals surface area (Å²) in [6.07, 6.45) is 1.52. The molecule has 2 aromatic rings. The number of phenols is 1. The fourth-order valence-electron chi connectivity index (χ4n) is 2.30. The molecule has 3 amide bonds. The topological polar surface area (TPSA) is 110 Å². The molecule has 1 heterocycles. The minimum Gasteiger partial charge on any atom is -0.504 e. The number of carbonyl (C=O) groups is 3. The maximum atomic E-state index is 12.6. The van der Waals surface area contributed by atoms with Gasteiger partial charge in [-0.15, -0.1) is 0 Å². The molecule has 0 saturated carbocycles. The lowest BCUT2D eigenvalue weighted by atomic mass is 10.2. The van der Waals surface area contributed by atoms with Crippen molar-refractivity contribution in [2.75, 3.05) is 11.5 Å². The van der Waals surface area contributed by atoms with Crippen molar-refractivity contribution in [3.63, 3.8) is 0 Å². The Labute approximate surface area is 153 Å². The zero-order valence-electron chi connectivity index (χ0n) is 13.4. The number of nitrogens with zero attached hydrogens (tertiary/aromatic N) is 1. The van der Waals surface area contributed by atoms with E-state index in [2.05, 4.69) is 0 Å². The number of carbonyl (C=O) groups excluding carboxylic acids is 3. The Kier molecular flexibility index (Phi) is 4.94. The summed E-state index contributed by atoms with van der Waals surface area (Å²) in [7, 11) is 0. The van der Waals surface area contributed by atoms with E-state index >= 15 is 0 Å². The Bertz CT molecular complexity index is 911. The highest BCUT2D eigenvalue weighted by Gasteiger charge is 2.36. The summed E-state index contributed by atoms with van der Waals surface area (Å²) in [5, 5.41) is 9.37. The third-order valence-corrected chi connectivity index (χ3v) is 4.33. The van der Waals surface area contributed by atoms with Gasteiger partial charge in [0.1, 0.15) is 0 Å². The van der Waals surface area contributed by atoms with Crippen molar-refractivity contribution in [3.05, 3.63) is 59.0 Å². The lowest BCUT2D eigenvalue weighted by Crippen LogP contribution is -2.27. The number of hydrogen-bond acceptors (Lipinski definition) is 6. The highest BCUT2D eigenvalue weighted by Crippen LogP contribution is 2.36. The van der Waals surface area contributed by atoms with E-state index in [4.69, 9.17) is 10.5 Å². The standard InChI is InChI=1S/C18H14N2O5S/c19-16(22)10-25-14-8-11(6-7-13(14)21)9-15-17(23)20(18(24)26-15)12-4-2-1-3-5-12/h1-9,21H,10H2,(H2,19,22)/b15-9+. The van der Waals surface area contributed by atoms with Crippen LogP contribution in [0, 0.1) is 0 Å². The largest absolute Gasteiger partial charge is 0.504 e. The molecule has 3 N–H and O–H groups in total. The SMILES string of the molecule is NC(=O)COc1cc(/C=C2/SC(=O)N(c3ccccc3)C2=O)ccc1O. The summed E-state index contributed by atoms with van der Waals surface area (Å²) in [6.45, 7) is -0.387. The van der Waals surface area contributed by atoms with E-state index in [1.54, 1.807) is 36.4 Å². The zero-order valence-corrected chi connectivity index (χ0v) is 14.2. The van der Waals surface area contributed by atoms with Gasteiger partial charge in [-0.2, -0.15) is 0 Å². The van der Waals surface area contributed by atoms with Crippen LogP contribution in [0.3, 0.4) is 0 Å². The molecule has 132 valence electrons. The van der Waals surface area contributed by atoms with Crippen LogP contribution in [0.1, 0.15) is 5.56 Å². The minimum atomic E-state index is -0.682. The van der Waals surface area contributed by atoms with Crippen LogP contribution in [0.4, 0.5) is 10.5 Å². The number of aromatic hydroxyl groups is 1. The number of phenolic OH excluding ortho intramolecular Hbond substituents is 1. The number of para-hydroxylation sites is 1. The Morgan fingerprint density at radius 2 is 1.92 bits per heavy atom. The number of nitrogens with two attached hydrogens (primary N) is 1. The monoisotopic (exact) mass is 370 g/mol. The third-order valence-electron chi connectivity index (χ3n) is 3.46. The molecule has 8 heteroatoms. The molecule has 1 fully saturated rings. The van der Waals surface area contributed by atoms with Crippen molar-refractivity contribution in [3.8, 4) is 11.5 Å². The van der Waals surface area contributed by atoms with E-state index in [1.807, 2.05) is 0 Å². The third kappa shape index (κ3) is 3.70. The summed E-state index contributed by atoms with van der Waals surface area (Å²) in [5.41, 5.74) is 6.04. The summed E-state index contributed by atoms with van der Waals surface area (Å²) >= 11 is 0.821. The van der Waals surface area contributed by atoms with Crippen molar-refractivity contribution in [2.45, 2.75) is 0 Å². The second kappa shape index (κ2) is 7.32. The van der Waals surface area contributed by atoms with E-state index in [9.17, 15) is 19.5 Å². The first-order chi connectivity index (χ1) is 12.5. The number of rotatable bonds is 5. The lowest BCUT2D eigenvalue weighted by molar-refractivity contribution is -0.120. The summed E-state index contributed by atoms with van der Waals surface area (Å²) in [6, 6.07) is 13.0. The predicted molar refractivity (Wildman–Crippen MR) is 97.7 cm³/mol. The maximum absolute atomic E-state index is 12.6. The highest BCUT2D eigenvalue weighted by atomic mass is 32.2. The number of imide groups is 1. The van der Waals surface area contributed by atoms with Crippen LogP contribution in [0.15, 0.2) is 53.4 Å². The van der Waals surface area contributed by atoms with Crippen LogP contribution in [-0.2, 0) is 9.59 Å². The van der Waals surface area contributed by atoms with Crippen LogP contribution < -0.4 is 15.4 Å². The average Bonchev–Trinajstić information content (AvgIpc) is 2.89. The van der Waals surface area contributed by atoms with E-state index < -0.39 is 17.1 Å². The highest BCUT2D eigenvalue weighted by molar-refractivity contribution is 8.19. The molecule has 1 aliphatic rings. The van der Waals surface area contributed by atoms with Crippen molar-refractivity contribution in [2.24, 2.45) is 5.73 Å². The molecular weight excluding hydrogens is 356 g/mol. The van der Waals surface area contributed by atoms with Crippen LogP contribution in [0.25, 0.3) is 6.08 Å². The van der Waals surface area contributed by atoms with Gasteiger partial charge in [0.15, 0.2) is 18.1 Å². The Morgan fingerprint density at radius 3 is 2.62 bits per heavy atom. The Hall–Kier alpha value is -3.26. The second-order valence-corrected chi connectivity index (χ2v) is 6.33. The quantitative estimate of drug-likeness (QED) is 0.783. The number of benzene rings is 2. The van der Waals surface area contributed by atoms with Gasteiger partial charge in [0.05, 0.1) is 10.6 Å². The fraction of sp³-hybridized carbons (Fsp3) is 0.0556. The molecule has 0 aromatic heterocycles. The van der Waals surface area contributed by atoms with Gasteiger partial charge < -0.3 is 15.6 Å². The first-order valence-corrected chi connectivity index (χ1v) is 8.34. The number of thioether (sulfide) groups is 1.